The summed E-state index contributed by atoms with van der Waals surface area (Å²) >= 11 is 0. The molecule has 6 nitrogen and oxygen atoms in total. The largest absolute Gasteiger partial charge is 0.491 e. The van der Waals surface area contributed by atoms with Crippen molar-refractivity contribution in [3.05, 3.63) is 144 Å². The van der Waals surface area contributed by atoms with E-state index in [1.165, 1.54) is 21.5 Å². The molecule has 6 heteroatoms. The number of fused-ring (bicyclic) bond motifs is 14. The second-order valence-corrected chi connectivity index (χ2v) is 15.4. The Morgan fingerprint density at radius 1 is 0.328 bits per heavy atom. The summed E-state index contributed by atoms with van der Waals surface area (Å²) in [4.78, 5) is 0. The first-order chi connectivity index (χ1) is 28.5. The molecule has 0 saturated carbocycles. The van der Waals surface area contributed by atoms with Gasteiger partial charge in [-0.15, -0.1) is 0 Å². The quantitative estimate of drug-likeness (QED) is 0.160. The maximum absolute atomic E-state index is 6.81. The summed E-state index contributed by atoms with van der Waals surface area (Å²) < 4.78 is 27.3. The van der Waals surface area contributed by atoms with Crippen LogP contribution in [0.4, 0.5) is 0 Å². The van der Waals surface area contributed by atoms with Crippen LogP contribution in [0.5, 0.6) is 23.0 Å². The summed E-state index contributed by atoms with van der Waals surface area (Å²) in [6.45, 7) is 13.2. The molecule has 292 valence electrons. The van der Waals surface area contributed by atoms with Crippen LogP contribution < -0.4 is 29.6 Å². The third-order valence-corrected chi connectivity index (χ3v) is 11.4. The Labute approximate surface area is 340 Å². The maximum Gasteiger partial charge on any atom is 0.130 e. The molecule has 58 heavy (non-hydrogen) atoms. The summed E-state index contributed by atoms with van der Waals surface area (Å²) in [5, 5.41) is 16.5. The van der Waals surface area contributed by atoms with Crippen molar-refractivity contribution in [3.8, 4) is 45.3 Å². The fourth-order valence-corrected chi connectivity index (χ4v) is 8.76. The molecule has 0 fully saturated rings. The molecule has 2 N–H and O–H groups in total. The van der Waals surface area contributed by atoms with Crippen LogP contribution in [0.3, 0.4) is 0 Å². The van der Waals surface area contributed by atoms with E-state index in [-0.39, 0.29) is 0 Å². The SMILES string of the molecule is Cc1cc2ccccc2c2c1OCCNCCOc1c(C)cc3ccccc3c1-c1c(c(C)cc3ccccc13)OCCNCCOc1c(C)cc3ccccc3c1-2. The predicted octanol–water partition coefficient (Wildman–Crippen LogP) is 11.3. The molecule has 8 aromatic rings. The maximum atomic E-state index is 6.81. The van der Waals surface area contributed by atoms with Gasteiger partial charge in [0.1, 0.15) is 49.4 Å². The van der Waals surface area contributed by atoms with Crippen LogP contribution in [0.2, 0.25) is 0 Å². The summed E-state index contributed by atoms with van der Waals surface area (Å²) in [6, 6.07) is 43.3. The molecule has 0 saturated heterocycles. The molecule has 0 amide bonds. The standard InChI is InChI=1S/C52H50N2O4/c1-33-29-37-13-5-9-17-41(37)45-46-42-18-10-6-14-38(42)30-34(2)50(46)56-26-23-54-24-28-58-52-36(4)32-40-16-8-12-20-44(40)48(52)47-43-19-11-7-15-39(43)31-35(3)51(47)57-27-22-53-21-25-55-49(33)45/h5-20,29-32,53-54H,21-28H2,1-4H3. The number of hydrogen-bond donors (Lipinski definition) is 2. The first-order valence-electron chi connectivity index (χ1n) is 20.5. The lowest BCUT2D eigenvalue weighted by Gasteiger charge is -2.23. The topological polar surface area (TPSA) is 61.0 Å². The number of nitrogens with one attached hydrogen (secondary N) is 2. The molecular formula is C52H50N2O4. The fourth-order valence-electron chi connectivity index (χ4n) is 8.76. The highest BCUT2D eigenvalue weighted by Gasteiger charge is 2.24. The van der Waals surface area contributed by atoms with Gasteiger partial charge in [-0.1, -0.05) is 97.1 Å². The van der Waals surface area contributed by atoms with E-state index in [2.05, 4.69) is 160 Å². The fraction of sp³-hybridized carbons (Fsp3) is 0.231. The van der Waals surface area contributed by atoms with Gasteiger partial charge in [-0.05, 0) is 117 Å². The summed E-state index contributed by atoms with van der Waals surface area (Å²) in [5.41, 5.74) is 8.63. The van der Waals surface area contributed by atoms with E-state index < -0.39 is 0 Å². The lowest BCUT2D eigenvalue weighted by molar-refractivity contribution is 0.284. The Hall–Kier alpha value is -6.08. The Morgan fingerprint density at radius 2 is 0.552 bits per heavy atom. The summed E-state index contributed by atoms with van der Waals surface area (Å²) in [5.74, 6) is 3.53. The van der Waals surface area contributed by atoms with E-state index >= 15 is 0 Å². The minimum atomic E-state index is 0.492. The van der Waals surface area contributed by atoms with Crippen LogP contribution in [0, 0.1) is 27.7 Å². The Kier molecular flexibility index (Phi) is 10.6. The summed E-state index contributed by atoms with van der Waals surface area (Å²) in [6.07, 6.45) is 0. The minimum absolute atomic E-state index is 0.492. The van der Waals surface area contributed by atoms with Crippen molar-refractivity contribution in [3.63, 3.8) is 0 Å². The Balaban J connectivity index is 1.11. The third kappa shape index (κ3) is 7.08. The van der Waals surface area contributed by atoms with E-state index in [1.807, 2.05) is 0 Å². The molecule has 0 radical (unpaired) electrons. The van der Waals surface area contributed by atoms with Crippen molar-refractivity contribution in [1.82, 2.24) is 10.6 Å². The Morgan fingerprint density at radius 3 is 0.793 bits per heavy atom. The van der Waals surface area contributed by atoms with E-state index in [0.717, 1.165) is 89.1 Å². The van der Waals surface area contributed by atoms with E-state index in [9.17, 15) is 0 Å². The zero-order chi connectivity index (χ0) is 39.6. The van der Waals surface area contributed by atoms with Gasteiger partial charge in [0.05, 0.1) is 0 Å². The first-order valence-corrected chi connectivity index (χ1v) is 20.5. The van der Waals surface area contributed by atoms with Crippen molar-refractivity contribution < 1.29 is 18.9 Å². The summed E-state index contributed by atoms with van der Waals surface area (Å²) in [7, 11) is 0. The average Bonchev–Trinajstić information content (AvgIpc) is 3.23. The normalized spacial score (nSPS) is 14.4. The van der Waals surface area contributed by atoms with Gasteiger partial charge < -0.3 is 29.6 Å². The van der Waals surface area contributed by atoms with Crippen molar-refractivity contribution in [2.75, 3.05) is 52.6 Å². The van der Waals surface area contributed by atoms with Crippen molar-refractivity contribution in [1.29, 1.82) is 0 Å². The van der Waals surface area contributed by atoms with Gasteiger partial charge in [-0.3, -0.25) is 0 Å². The lowest BCUT2D eigenvalue weighted by atomic mass is 9.89. The predicted molar refractivity (Wildman–Crippen MR) is 240 cm³/mol. The molecular weight excluding hydrogens is 717 g/mol. The van der Waals surface area contributed by atoms with Crippen LogP contribution in [0.15, 0.2) is 121 Å². The number of benzene rings is 8. The lowest BCUT2D eigenvalue weighted by Crippen LogP contribution is -2.26. The van der Waals surface area contributed by atoms with Crippen LogP contribution >= 0.6 is 0 Å². The van der Waals surface area contributed by atoms with Gasteiger partial charge in [0.25, 0.3) is 0 Å². The van der Waals surface area contributed by atoms with Gasteiger partial charge in [-0.2, -0.15) is 0 Å². The van der Waals surface area contributed by atoms with E-state index in [4.69, 9.17) is 18.9 Å². The third-order valence-electron chi connectivity index (χ3n) is 11.4. The number of aryl methyl sites for hydroxylation is 4. The Bertz CT molecular complexity index is 2430. The molecule has 1 aliphatic heterocycles. The molecule has 0 aromatic heterocycles. The zero-order valence-corrected chi connectivity index (χ0v) is 33.8. The van der Waals surface area contributed by atoms with Gasteiger partial charge in [-0.25, -0.2) is 0 Å². The van der Waals surface area contributed by atoms with E-state index in [1.54, 1.807) is 0 Å². The zero-order valence-electron chi connectivity index (χ0n) is 33.8. The van der Waals surface area contributed by atoms with Crippen molar-refractivity contribution in [2.24, 2.45) is 0 Å². The molecule has 0 unspecified atom stereocenters. The second-order valence-electron chi connectivity index (χ2n) is 15.4. The smallest absolute Gasteiger partial charge is 0.130 e. The highest BCUT2D eigenvalue weighted by atomic mass is 16.5. The van der Waals surface area contributed by atoms with Crippen molar-refractivity contribution >= 4 is 43.1 Å². The van der Waals surface area contributed by atoms with Gasteiger partial charge in [0.2, 0.25) is 0 Å². The number of ether oxygens (including phenoxy) is 4. The van der Waals surface area contributed by atoms with Crippen LogP contribution in [0.1, 0.15) is 22.3 Å². The second kappa shape index (κ2) is 16.4. The molecule has 0 bridgehead atoms. The van der Waals surface area contributed by atoms with Crippen LogP contribution in [0.25, 0.3) is 65.3 Å². The van der Waals surface area contributed by atoms with Gasteiger partial charge in [0, 0.05) is 48.4 Å². The molecule has 8 aromatic carbocycles. The highest BCUT2D eigenvalue weighted by Crippen LogP contribution is 2.50. The van der Waals surface area contributed by atoms with Gasteiger partial charge in [0.15, 0.2) is 0 Å². The minimum Gasteiger partial charge on any atom is -0.491 e. The molecule has 0 spiro atoms. The van der Waals surface area contributed by atoms with Crippen LogP contribution in [-0.2, 0) is 0 Å². The van der Waals surface area contributed by atoms with Gasteiger partial charge >= 0.3 is 0 Å². The molecule has 9 rings (SSSR count). The molecule has 0 aliphatic carbocycles. The number of rotatable bonds is 0. The van der Waals surface area contributed by atoms with Crippen molar-refractivity contribution in [2.45, 2.75) is 27.7 Å². The number of hydrogen-bond acceptors (Lipinski definition) is 6. The first kappa shape index (κ1) is 37.5. The highest BCUT2D eigenvalue weighted by molar-refractivity contribution is 6.12. The monoisotopic (exact) mass is 766 g/mol. The van der Waals surface area contributed by atoms with E-state index in [0.29, 0.717) is 52.6 Å². The molecule has 0 atom stereocenters. The molecule has 1 heterocycles. The average molecular weight is 767 g/mol. The van der Waals surface area contributed by atoms with Crippen LogP contribution in [-0.4, -0.2) is 52.6 Å². The molecule has 1 aliphatic rings.